The summed E-state index contributed by atoms with van der Waals surface area (Å²) in [5.41, 5.74) is 5.39. The van der Waals surface area contributed by atoms with Crippen molar-refractivity contribution in [1.82, 2.24) is 10.3 Å². The molecule has 0 bridgehead atoms. The molecule has 108 valence electrons. The second-order valence-corrected chi connectivity index (χ2v) is 4.76. The smallest absolute Gasteiger partial charge is 0.119 e. The molecule has 3 N–H and O–H groups in total. The van der Waals surface area contributed by atoms with Crippen LogP contribution in [0.5, 0.6) is 5.75 Å². The maximum atomic E-state index is 5.71. The Morgan fingerprint density at radius 1 is 1.32 bits per heavy atom. The Morgan fingerprint density at radius 3 is 2.47 bits per heavy atom. The van der Waals surface area contributed by atoms with E-state index in [-0.39, 0.29) is 6.04 Å². The van der Waals surface area contributed by atoms with Gasteiger partial charge in [-0.3, -0.25) is 11.3 Å². The maximum Gasteiger partial charge on any atom is 0.119 e. The van der Waals surface area contributed by atoms with Crippen LogP contribution in [0.4, 0.5) is 0 Å². The molecule has 1 rings (SSSR count). The first-order valence-corrected chi connectivity index (χ1v) is 6.99. The Labute approximate surface area is 116 Å². The average Bonchev–Trinajstić information content (AvgIpc) is 2.44. The van der Waals surface area contributed by atoms with E-state index in [4.69, 9.17) is 10.6 Å². The molecule has 1 unspecified atom stereocenters. The molecule has 4 nitrogen and oxygen atoms in total. The maximum absolute atomic E-state index is 5.71. The Morgan fingerprint density at radius 2 is 2.00 bits per heavy atom. The van der Waals surface area contributed by atoms with Gasteiger partial charge < -0.3 is 9.64 Å². The molecule has 0 saturated heterocycles. The number of nitrogens with zero attached hydrogens (tertiary/aromatic N) is 1. The van der Waals surface area contributed by atoms with Gasteiger partial charge in [-0.1, -0.05) is 19.9 Å². The van der Waals surface area contributed by atoms with Gasteiger partial charge in [0.25, 0.3) is 0 Å². The number of nitrogens with two attached hydrogens (primary N) is 1. The van der Waals surface area contributed by atoms with Crippen molar-refractivity contribution < 1.29 is 4.74 Å². The van der Waals surface area contributed by atoms with Crippen molar-refractivity contribution in [2.75, 3.05) is 26.7 Å². The summed E-state index contributed by atoms with van der Waals surface area (Å²) in [7, 11) is 1.69. The highest BCUT2D eigenvalue weighted by atomic mass is 16.5. The van der Waals surface area contributed by atoms with Gasteiger partial charge in [0.2, 0.25) is 0 Å². The largest absolute Gasteiger partial charge is 0.497 e. The minimum atomic E-state index is 0.187. The van der Waals surface area contributed by atoms with Crippen molar-refractivity contribution in [2.24, 2.45) is 5.84 Å². The van der Waals surface area contributed by atoms with Crippen molar-refractivity contribution in [2.45, 2.75) is 33.2 Å². The van der Waals surface area contributed by atoms with E-state index in [1.807, 2.05) is 6.07 Å². The van der Waals surface area contributed by atoms with Crippen LogP contribution in [0.1, 0.15) is 37.4 Å². The second kappa shape index (κ2) is 8.15. The van der Waals surface area contributed by atoms with Crippen LogP contribution in [0, 0.1) is 6.92 Å². The molecule has 0 heterocycles. The van der Waals surface area contributed by atoms with Gasteiger partial charge in [0.15, 0.2) is 0 Å². The molecule has 4 heteroatoms. The minimum Gasteiger partial charge on any atom is -0.497 e. The van der Waals surface area contributed by atoms with Gasteiger partial charge in [0, 0.05) is 6.04 Å². The van der Waals surface area contributed by atoms with E-state index >= 15 is 0 Å². The molecule has 0 saturated carbocycles. The van der Waals surface area contributed by atoms with Crippen LogP contribution in [0.3, 0.4) is 0 Å². The number of ether oxygens (including phenoxy) is 1. The monoisotopic (exact) mass is 265 g/mol. The lowest BCUT2D eigenvalue weighted by Crippen LogP contribution is -2.33. The number of aryl methyl sites for hydroxylation is 1. The first-order valence-electron chi connectivity index (χ1n) is 6.99. The van der Waals surface area contributed by atoms with Crippen molar-refractivity contribution in [3.05, 3.63) is 29.3 Å². The SMILES string of the molecule is CCN(CC)CCC(NN)c1ccc(OC)cc1C. The highest BCUT2D eigenvalue weighted by molar-refractivity contribution is 5.36. The Kier molecular flexibility index (Phi) is 6.84. The summed E-state index contributed by atoms with van der Waals surface area (Å²) in [4.78, 5) is 2.41. The quantitative estimate of drug-likeness (QED) is 0.559. The molecule has 0 aliphatic heterocycles. The fourth-order valence-corrected chi connectivity index (χ4v) is 2.35. The summed E-state index contributed by atoms with van der Waals surface area (Å²) in [5, 5.41) is 0. The molecule has 0 aliphatic carbocycles. The first-order chi connectivity index (χ1) is 9.15. The van der Waals surface area contributed by atoms with E-state index in [9.17, 15) is 0 Å². The third-order valence-electron chi connectivity index (χ3n) is 3.68. The average molecular weight is 265 g/mol. The molecule has 1 atom stereocenters. The number of hydrazine groups is 1. The van der Waals surface area contributed by atoms with Crippen LogP contribution in [0.15, 0.2) is 18.2 Å². The summed E-state index contributed by atoms with van der Waals surface area (Å²) < 4.78 is 5.24. The third kappa shape index (κ3) is 4.49. The van der Waals surface area contributed by atoms with Gasteiger partial charge in [-0.2, -0.15) is 0 Å². The third-order valence-corrected chi connectivity index (χ3v) is 3.68. The van der Waals surface area contributed by atoms with Gasteiger partial charge in [-0.15, -0.1) is 0 Å². The van der Waals surface area contributed by atoms with Crippen LogP contribution in [-0.2, 0) is 0 Å². The van der Waals surface area contributed by atoms with Crippen LogP contribution in [0.2, 0.25) is 0 Å². The van der Waals surface area contributed by atoms with E-state index in [0.29, 0.717) is 0 Å². The molecule has 0 radical (unpaired) electrons. The minimum absolute atomic E-state index is 0.187. The zero-order chi connectivity index (χ0) is 14.3. The number of methoxy groups -OCH3 is 1. The Bertz CT molecular complexity index is 378. The van der Waals surface area contributed by atoms with Gasteiger partial charge in [0.05, 0.1) is 7.11 Å². The Hall–Kier alpha value is -1.10. The van der Waals surface area contributed by atoms with Crippen LogP contribution in [-0.4, -0.2) is 31.6 Å². The van der Waals surface area contributed by atoms with Crippen LogP contribution >= 0.6 is 0 Å². The normalized spacial score (nSPS) is 12.7. The molecular weight excluding hydrogens is 238 g/mol. The highest BCUT2D eigenvalue weighted by Crippen LogP contribution is 2.24. The van der Waals surface area contributed by atoms with Gasteiger partial charge in [-0.25, -0.2) is 0 Å². The molecule has 0 amide bonds. The van der Waals surface area contributed by atoms with Crippen LogP contribution in [0.25, 0.3) is 0 Å². The van der Waals surface area contributed by atoms with Crippen molar-refractivity contribution >= 4 is 0 Å². The number of nitrogens with one attached hydrogen (secondary N) is 1. The Balaban J connectivity index is 2.74. The van der Waals surface area contributed by atoms with Crippen molar-refractivity contribution in [3.63, 3.8) is 0 Å². The number of hydrogen-bond acceptors (Lipinski definition) is 4. The number of hydrogen-bond donors (Lipinski definition) is 2. The molecule has 0 spiro atoms. The lowest BCUT2D eigenvalue weighted by atomic mass is 9.98. The lowest BCUT2D eigenvalue weighted by molar-refractivity contribution is 0.282. The fraction of sp³-hybridized carbons (Fsp3) is 0.600. The summed E-state index contributed by atoms with van der Waals surface area (Å²) >= 11 is 0. The molecule has 0 aromatic heterocycles. The predicted molar refractivity (Wildman–Crippen MR) is 80.2 cm³/mol. The van der Waals surface area contributed by atoms with Gasteiger partial charge in [-0.05, 0) is 56.2 Å². The number of benzene rings is 1. The van der Waals surface area contributed by atoms with Crippen LogP contribution < -0.4 is 16.0 Å². The summed E-state index contributed by atoms with van der Waals surface area (Å²) in [6.07, 6.45) is 1.01. The standard InChI is InChI=1S/C15H27N3O/c1-5-18(6-2)10-9-15(17-16)14-8-7-13(19-4)11-12(14)3/h7-8,11,15,17H,5-6,9-10,16H2,1-4H3. The summed E-state index contributed by atoms with van der Waals surface area (Å²) in [5.74, 6) is 6.60. The van der Waals surface area contributed by atoms with Gasteiger partial charge >= 0.3 is 0 Å². The van der Waals surface area contributed by atoms with Crippen molar-refractivity contribution in [3.8, 4) is 5.75 Å². The van der Waals surface area contributed by atoms with E-state index in [0.717, 1.165) is 31.8 Å². The predicted octanol–water partition coefficient (Wildman–Crippen LogP) is 2.24. The van der Waals surface area contributed by atoms with E-state index in [2.05, 4.69) is 43.2 Å². The second-order valence-electron chi connectivity index (χ2n) is 4.76. The van der Waals surface area contributed by atoms with E-state index in [1.165, 1.54) is 11.1 Å². The highest BCUT2D eigenvalue weighted by Gasteiger charge is 2.13. The van der Waals surface area contributed by atoms with E-state index in [1.54, 1.807) is 7.11 Å². The molecule has 1 aromatic rings. The fourth-order valence-electron chi connectivity index (χ4n) is 2.35. The topological polar surface area (TPSA) is 50.5 Å². The molecular formula is C15H27N3O. The molecule has 1 aromatic carbocycles. The summed E-state index contributed by atoms with van der Waals surface area (Å²) in [6, 6.07) is 6.33. The summed E-state index contributed by atoms with van der Waals surface area (Å²) in [6.45, 7) is 9.68. The van der Waals surface area contributed by atoms with Crippen molar-refractivity contribution in [1.29, 1.82) is 0 Å². The molecule has 0 aliphatic rings. The zero-order valence-corrected chi connectivity index (χ0v) is 12.6. The first kappa shape index (κ1) is 16.0. The lowest BCUT2D eigenvalue weighted by Gasteiger charge is -2.23. The number of rotatable bonds is 8. The van der Waals surface area contributed by atoms with Gasteiger partial charge in [0.1, 0.15) is 5.75 Å². The van der Waals surface area contributed by atoms with E-state index < -0.39 is 0 Å². The zero-order valence-electron chi connectivity index (χ0n) is 12.6. The molecule has 19 heavy (non-hydrogen) atoms. The molecule has 0 fully saturated rings.